The summed E-state index contributed by atoms with van der Waals surface area (Å²) in [6, 6.07) is 7.21. The normalized spacial score (nSPS) is 22.9. The molecule has 29 nitrogen and oxygen atoms in total. The molecule has 4 aromatic carbocycles. The van der Waals surface area contributed by atoms with E-state index in [0.717, 1.165) is 33.4 Å². The number of carbonyl (C=O) groups excluding carboxylic acids is 11. The first-order valence-corrected chi connectivity index (χ1v) is 31.6. The van der Waals surface area contributed by atoms with Crippen LogP contribution in [0.5, 0.6) is 28.7 Å². The molecule has 10 atom stereocenters. The van der Waals surface area contributed by atoms with Crippen LogP contribution < -0.4 is 58.7 Å². The van der Waals surface area contributed by atoms with Crippen molar-refractivity contribution in [2.24, 2.45) is 17.4 Å². The topological polar surface area (TPSA) is 459 Å². The van der Waals surface area contributed by atoms with E-state index < -0.39 is 137 Å². The SMILES string of the molecule is CC[C@@H](C)[C@H]1NC(=O)[C@H](c2ccc(O)cc2)NC(=O)C(O)CSSC[C@H](C(=O)N2CCC[C@@H]2C(=O)N[C@@H](CCCNC(=O)c2ccc3c(c2)C2(OC3=O)c3ccc(O)cc3Oc3cc(O)ccc32)C(=O)NCN)NC(=O)[C@@H](CC(N)=O)NC(=O)[C@@H](C(C)O)NC1=O. The van der Waals surface area contributed by atoms with Crippen LogP contribution in [0.15, 0.2) is 78.9 Å². The summed E-state index contributed by atoms with van der Waals surface area (Å²) in [5, 5.41) is 72.9. The molecule has 4 aliphatic rings. The van der Waals surface area contributed by atoms with Crippen LogP contribution in [0.25, 0.3) is 0 Å². The fraction of sp³-hybridized carbons (Fsp3) is 0.417. The van der Waals surface area contributed by atoms with E-state index in [9.17, 15) is 78.3 Å². The maximum atomic E-state index is 14.8. The number of primary amides is 1. The minimum atomic E-state index is -1.84. The zero-order valence-electron chi connectivity index (χ0n) is 49.5. The molecule has 4 heterocycles. The molecule has 2 fully saturated rings. The van der Waals surface area contributed by atoms with Crippen LogP contribution in [-0.2, 0) is 53.5 Å². The Bertz CT molecular complexity index is 3430. The highest BCUT2D eigenvalue weighted by Gasteiger charge is 2.54. The highest BCUT2D eigenvalue weighted by Crippen LogP contribution is 2.57. The monoisotopic (exact) mass is 1300 g/mol. The van der Waals surface area contributed by atoms with Crippen LogP contribution in [-0.4, -0.2) is 175 Å². The van der Waals surface area contributed by atoms with Crippen LogP contribution in [0.1, 0.15) is 108 Å². The smallest absolute Gasteiger partial charge is 0.340 e. The van der Waals surface area contributed by atoms with E-state index in [-0.39, 0.29) is 114 Å². The number of aromatic hydroxyl groups is 3. The number of carbonyl (C=O) groups is 11. The molecule has 0 radical (unpaired) electrons. The lowest BCUT2D eigenvalue weighted by Crippen LogP contribution is -2.62. The standard InChI is InChI=1S/C60H71N11O18S2/c1-4-28(2)47-55(83)69-48(29(3)72)56(84)66-40(24-46(62)77)52(80)67-41(25-90-91-26-43(76)54(82)70-49(57(85)68-47)30-9-12-32(73)13-10-30)58(86)71-20-6-8-42(71)53(81)65-39(51(79)64-27-61)7-5-19-63-50(78)31-11-16-35-38(21-31)60(89-59(35)87)36-17-14-33(74)22-44(36)88-45-23-34(75)15-18-37(45)60/h9-18,21-23,28-29,39-43,47-49,72-76H,4-8,19-20,24-27,61H2,1-3H3,(H2,62,77)(H,63,78)(H,64,79)(H,65,81)(H,66,84)(H,67,80)(H,68,85)(H,69,83)(H,70,82)/t28-,29?,39+,40-,41-,42-,43?,47-,48-,49+/m1/s1. The first-order valence-electron chi connectivity index (χ1n) is 29.1. The second kappa shape index (κ2) is 29.6. The number of nitrogens with one attached hydrogen (secondary N) is 8. The average molecular weight is 1300 g/mol. The summed E-state index contributed by atoms with van der Waals surface area (Å²) in [6.07, 6.45) is -3.71. The summed E-state index contributed by atoms with van der Waals surface area (Å²) in [7, 11) is 1.76. The lowest BCUT2D eigenvalue weighted by atomic mass is 9.77. The van der Waals surface area contributed by atoms with Gasteiger partial charge in [-0.1, -0.05) is 54.0 Å². The Kier molecular flexibility index (Phi) is 22.1. The third kappa shape index (κ3) is 15.5. The van der Waals surface area contributed by atoms with Crippen LogP contribution in [0.2, 0.25) is 0 Å². The van der Waals surface area contributed by atoms with Crippen molar-refractivity contribution in [3.63, 3.8) is 0 Å². The fourth-order valence-corrected chi connectivity index (χ4v) is 13.1. The largest absolute Gasteiger partial charge is 0.508 e. The first-order chi connectivity index (χ1) is 43.3. The number of hydrogen-bond donors (Lipinski definition) is 15. The number of aliphatic hydroxyl groups is 2. The Labute approximate surface area is 528 Å². The number of ether oxygens (including phenoxy) is 2. The number of nitrogens with two attached hydrogens (primary N) is 2. The number of aliphatic hydroxyl groups excluding tert-OH is 2. The summed E-state index contributed by atoms with van der Waals surface area (Å²) in [5.74, 6) is -11.6. The zero-order chi connectivity index (χ0) is 66.0. The van der Waals surface area contributed by atoms with Gasteiger partial charge in [-0.2, -0.15) is 0 Å². The van der Waals surface area contributed by atoms with E-state index in [1.807, 2.05) is 0 Å². The second-order valence-corrected chi connectivity index (χ2v) is 24.7. The number of rotatable bonds is 16. The number of amides is 10. The van der Waals surface area contributed by atoms with Gasteiger partial charge in [-0.05, 0) is 98.7 Å². The van der Waals surface area contributed by atoms with Crippen LogP contribution in [0, 0.1) is 5.92 Å². The molecule has 4 aromatic rings. The van der Waals surface area contributed by atoms with Crippen molar-refractivity contribution < 1.29 is 87.7 Å². The van der Waals surface area contributed by atoms with Gasteiger partial charge in [-0.15, -0.1) is 0 Å². The highest BCUT2D eigenvalue weighted by molar-refractivity contribution is 8.76. The van der Waals surface area contributed by atoms with Crippen molar-refractivity contribution >= 4 is 86.6 Å². The minimum Gasteiger partial charge on any atom is -0.508 e. The van der Waals surface area contributed by atoms with E-state index in [4.69, 9.17) is 20.9 Å². The summed E-state index contributed by atoms with van der Waals surface area (Å²) >= 11 is 0. The molecule has 486 valence electrons. The van der Waals surface area contributed by atoms with Crippen molar-refractivity contribution in [3.05, 3.63) is 112 Å². The van der Waals surface area contributed by atoms with Crippen LogP contribution in [0.4, 0.5) is 0 Å². The van der Waals surface area contributed by atoms with Gasteiger partial charge in [0.25, 0.3) is 11.8 Å². The summed E-state index contributed by atoms with van der Waals surface area (Å²) in [4.78, 5) is 154. The summed E-state index contributed by atoms with van der Waals surface area (Å²) < 4.78 is 12.1. The molecule has 4 aliphatic heterocycles. The Morgan fingerprint density at radius 2 is 1.38 bits per heavy atom. The molecule has 91 heavy (non-hydrogen) atoms. The average Bonchev–Trinajstić information content (AvgIpc) is 1.62. The van der Waals surface area contributed by atoms with E-state index in [1.54, 1.807) is 13.8 Å². The number of likely N-dealkylation sites (tertiary alicyclic amines) is 1. The molecular weight excluding hydrogens is 1230 g/mol. The van der Waals surface area contributed by atoms with Gasteiger partial charge >= 0.3 is 5.97 Å². The van der Waals surface area contributed by atoms with Gasteiger partial charge in [0.15, 0.2) is 5.60 Å². The number of fused-ring (bicyclic) bond motifs is 6. The molecule has 17 N–H and O–H groups in total. The number of phenols is 3. The molecule has 0 saturated carbocycles. The van der Waals surface area contributed by atoms with Gasteiger partial charge < -0.3 is 93.9 Å². The quantitative estimate of drug-likeness (QED) is 0.0284. The Morgan fingerprint density at radius 3 is 2.02 bits per heavy atom. The maximum absolute atomic E-state index is 14.8. The third-order valence-corrected chi connectivity index (χ3v) is 18.3. The van der Waals surface area contributed by atoms with E-state index in [1.165, 1.54) is 78.9 Å². The minimum absolute atomic E-state index is 0.0413. The van der Waals surface area contributed by atoms with E-state index in [0.29, 0.717) is 11.1 Å². The lowest BCUT2D eigenvalue weighted by Gasteiger charge is -2.36. The predicted molar refractivity (Wildman–Crippen MR) is 326 cm³/mol. The Morgan fingerprint density at radius 1 is 0.747 bits per heavy atom. The molecule has 31 heteroatoms. The molecule has 2 unspecified atom stereocenters. The molecule has 0 bridgehead atoms. The van der Waals surface area contributed by atoms with Crippen molar-refractivity contribution in [1.29, 1.82) is 0 Å². The fourth-order valence-electron chi connectivity index (χ4n) is 10.9. The van der Waals surface area contributed by atoms with E-state index >= 15 is 0 Å². The predicted octanol–water partition coefficient (Wildman–Crippen LogP) is -0.755. The van der Waals surface area contributed by atoms with Crippen molar-refractivity contribution in [3.8, 4) is 28.7 Å². The number of phenolic OH excluding ortho intramolecular Hbond substituents is 3. The maximum Gasteiger partial charge on any atom is 0.340 e. The zero-order valence-corrected chi connectivity index (χ0v) is 51.2. The van der Waals surface area contributed by atoms with Crippen LogP contribution >= 0.6 is 21.6 Å². The number of hydrogen-bond acceptors (Lipinski definition) is 21. The molecule has 2 saturated heterocycles. The van der Waals surface area contributed by atoms with Crippen molar-refractivity contribution in [2.45, 2.75) is 119 Å². The van der Waals surface area contributed by atoms with Gasteiger partial charge in [0.1, 0.15) is 77.1 Å². The second-order valence-electron chi connectivity index (χ2n) is 22.2. The van der Waals surface area contributed by atoms with Crippen molar-refractivity contribution in [1.82, 2.24) is 47.4 Å². The van der Waals surface area contributed by atoms with Gasteiger partial charge in [-0.25, -0.2) is 4.79 Å². The van der Waals surface area contributed by atoms with E-state index in [2.05, 4.69) is 42.5 Å². The molecule has 10 amide bonds. The first kappa shape index (κ1) is 67.8. The van der Waals surface area contributed by atoms with Crippen LogP contribution in [0.3, 0.4) is 0 Å². The van der Waals surface area contributed by atoms with Gasteiger partial charge in [0.2, 0.25) is 47.3 Å². The molecule has 0 aromatic heterocycles. The highest BCUT2D eigenvalue weighted by atomic mass is 33.1. The van der Waals surface area contributed by atoms with Crippen molar-refractivity contribution in [2.75, 3.05) is 31.3 Å². The number of esters is 1. The Hall–Kier alpha value is -9.17. The number of nitrogens with zero attached hydrogens (tertiary/aromatic N) is 1. The molecule has 0 aliphatic carbocycles. The lowest BCUT2D eigenvalue weighted by molar-refractivity contribution is -0.142. The van der Waals surface area contributed by atoms with Gasteiger partial charge in [0, 0.05) is 59.0 Å². The van der Waals surface area contributed by atoms with Gasteiger partial charge in [0.05, 0.1) is 24.8 Å². The summed E-state index contributed by atoms with van der Waals surface area (Å²) in [6.45, 7) is 4.04. The Balaban J connectivity index is 0.980. The van der Waals surface area contributed by atoms with Gasteiger partial charge in [-0.3, -0.25) is 47.9 Å². The number of benzene rings is 4. The molecule has 8 rings (SSSR count). The molecule has 1 spiro atoms. The third-order valence-electron chi connectivity index (χ3n) is 15.9. The summed E-state index contributed by atoms with van der Waals surface area (Å²) in [5.41, 5.74) is 10.9. The molecular formula is C60H71N11O18S2.